The molecule has 10 aromatic rings. The van der Waals surface area contributed by atoms with Crippen molar-refractivity contribution in [2.45, 2.75) is 0 Å². The smallest absolute Gasteiger partial charge is 0.164 e. The summed E-state index contributed by atoms with van der Waals surface area (Å²) in [5.41, 5.74) is 8.44. The number of nitrogens with zero attached hydrogens (tertiary/aromatic N) is 4. The highest BCUT2D eigenvalue weighted by Gasteiger charge is 2.18. The van der Waals surface area contributed by atoms with E-state index >= 15 is 0 Å². The number of benzene rings is 8. The Morgan fingerprint density at radius 1 is 0.314 bits per heavy atom. The van der Waals surface area contributed by atoms with Crippen LogP contribution in [-0.2, 0) is 0 Å². The van der Waals surface area contributed by atoms with E-state index in [2.05, 4.69) is 150 Å². The van der Waals surface area contributed by atoms with Gasteiger partial charge in [-0.1, -0.05) is 146 Å². The van der Waals surface area contributed by atoms with Crippen molar-refractivity contribution in [2.75, 3.05) is 0 Å². The van der Waals surface area contributed by atoms with E-state index in [-0.39, 0.29) is 0 Å². The first kappa shape index (κ1) is 29.0. The van der Waals surface area contributed by atoms with Gasteiger partial charge in [0.05, 0.1) is 11.0 Å². The Hall–Kier alpha value is -6.91. The number of hydrogen-bond acceptors (Lipinski definition) is 3. The summed E-state index contributed by atoms with van der Waals surface area (Å²) >= 11 is 0. The van der Waals surface area contributed by atoms with Crippen LogP contribution in [0.15, 0.2) is 182 Å². The average Bonchev–Trinajstić information content (AvgIpc) is 3.54. The Morgan fingerprint density at radius 2 is 0.863 bits per heavy atom. The Bertz CT molecular complexity index is 2910. The molecule has 0 N–H and O–H groups in total. The number of rotatable bonds is 5. The van der Waals surface area contributed by atoms with Crippen molar-refractivity contribution in [2.24, 2.45) is 0 Å². The summed E-state index contributed by atoms with van der Waals surface area (Å²) in [6.07, 6.45) is 0. The molecule has 4 nitrogen and oxygen atoms in total. The van der Waals surface area contributed by atoms with Crippen molar-refractivity contribution < 1.29 is 0 Å². The van der Waals surface area contributed by atoms with Gasteiger partial charge in [0.1, 0.15) is 0 Å². The predicted octanol–water partition coefficient (Wildman–Crippen LogP) is 11.9. The molecule has 10 rings (SSSR count). The van der Waals surface area contributed by atoms with Crippen molar-refractivity contribution in [1.82, 2.24) is 19.5 Å². The van der Waals surface area contributed by atoms with Crippen LogP contribution < -0.4 is 0 Å². The standard InChI is InChI=1S/C47H30N4/c1-3-13-31(14-4-1)34-20-11-21-37(27-34)46-48-45(33-16-5-2-6-17-33)49-47(50-46)38-22-12-23-39(28-38)51-42-26-25-32-15-9-10-24-40(32)44(42)41-29-35-18-7-8-19-36(35)30-43(41)51/h1-30H. The normalized spacial score (nSPS) is 11.5. The van der Waals surface area contributed by atoms with Crippen LogP contribution in [-0.4, -0.2) is 19.5 Å². The lowest BCUT2D eigenvalue weighted by Gasteiger charge is -2.12. The Kier molecular flexibility index (Phi) is 6.78. The molecule has 0 amide bonds. The number of hydrogen-bond donors (Lipinski definition) is 0. The SMILES string of the molecule is c1ccc(-c2cccc(-c3nc(-c4ccccc4)nc(-c4cccc(-n5c6cc7ccccc7cc6c6c7ccccc7ccc65)c4)n3)c2)cc1. The van der Waals surface area contributed by atoms with E-state index in [0.717, 1.165) is 44.5 Å². The first-order valence-electron chi connectivity index (χ1n) is 17.2. The van der Waals surface area contributed by atoms with Crippen LogP contribution >= 0.6 is 0 Å². The summed E-state index contributed by atoms with van der Waals surface area (Å²) in [7, 11) is 0. The maximum absolute atomic E-state index is 5.13. The lowest BCUT2D eigenvalue weighted by molar-refractivity contribution is 1.07. The molecule has 0 spiro atoms. The molecule has 0 saturated heterocycles. The Labute approximate surface area is 295 Å². The van der Waals surface area contributed by atoms with Crippen LogP contribution in [0.5, 0.6) is 0 Å². The lowest BCUT2D eigenvalue weighted by atomic mass is 10.0. The van der Waals surface area contributed by atoms with Crippen LogP contribution in [0.4, 0.5) is 0 Å². The second-order valence-corrected chi connectivity index (χ2v) is 12.9. The second-order valence-electron chi connectivity index (χ2n) is 12.9. The zero-order valence-electron chi connectivity index (χ0n) is 27.6. The van der Waals surface area contributed by atoms with Crippen LogP contribution in [0.25, 0.3) is 94.3 Å². The maximum Gasteiger partial charge on any atom is 0.164 e. The van der Waals surface area contributed by atoms with Gasteiger partial charge in [-0.25, -0.2) is 15.0 Å². The summed E-state index contributed by atoms with van der Waals surface area (Å²) in [5, 5.41) is 7.41. The predicted molar refractivity (Wildman–Crippen MR) is 211 cm³/mol. The molecule has 0 saturated carbocycles. The number of fused-ring (bicyclic) bond motifs is 6. The van der Waals surface area contributed by atoms with Gasteiger partial charge in [0.15, 0.2) is 17.5 Å². The van der Waals surface area contributed by atoms with Crippen LogP contribution in [0.2, 0.25) is 0 Å². The van der Waals surface area contributed by atoms with Crippen LogP contribution in [0.1, 0.15) is 0 Å². The molecule has 0 aliphatic rings. The number of aromatic nitrogens is 4. The first-order valence-corrected chi connectivity index (χ1v) is 17.2. The van der Waals surface area contributed by atoms with Crippen molar-refractivity contribution in [3.05, 3.63) is 182 Å². The second kappa shape index (κ2) is 11.9. The zero-order valence-corrected chi connectivity index (χ0v) is 27.6. The fourth-order valence-electron chi connectivity index (χ4n) is 7.35. The summed E-state index contributed by atoms with van der Waals surface area (Å²) in [6.45, 7) is 0. The topological polar surface area (TPSA) is 43.6 Å². The summed E-state index contributed by atoms with van der Waals surface area (Å²) in [6, 6.07) is 64.0. The maximum atomic E-state index is 5.13. The van der Waals surface area contributed by atoms with Gasteiger partial charge >= 0.3 is 0 Å². The average molecular weight is 651 g/mol. The molecule has 0 fully saturated rings. The van der Waals surface area contributed by atoms with E-state index in [1.54, 1.807) is 0 Å². The third-order valence-corrected chi connectivity index (χ3v) is 9.78. The van der Waals surface area contributed by atoms with Crippen molar-refractivity contribution in [1.29, 1.82) is 0 Å². The van der Waals surface area contributed by atoms with E-state index in [4.69, 9.17) is 15.0 Å². The Balaban J connectivity index is 1.19. The van der Waals surface area contributed by atoms with E-state index in [1.807, 2.05) is 36.4 Å². The highest BCUT2D eigenvalue weighted by atomic mass is 15.0. The fourth-order valence-corrected chi connectivity index (χ4v) is 7.35. The molecule has 2 heterocycles. The van der Waals surface area contributed by atoms with Gasteiger partial charge in [-0.15, -0.1) is 0 Å². The fraction of sp³-hybridized carbons (Fsp3) is 0. The quantitative estimate of drug-likeness (QED) is 0.186. The molecular formula is C47H30N4. The third kappa shape index (κ3) is 5.04. The van der Waals surface area contributed by atoms with Crippen LogP contribution in [0.3, 0.4) is 0 Å². The van der Waals surface area contributed by atoms with E-state index < -0.39 is 0 Å². The summed E-state index contributed by atoms with van der Waals surface area (Å²) in [5.74, 6) is 1.90. The van der Waals surface area contributed by atoms with Crippen molar-refractivity contribution >= 4 is 43.4 Å². The molecule has 51 heavy (non-hydrogen) atoms. The van der Waals surface area contributed by atoms with Gasteiger partial charge in [-0.2, -0.15) is 0 Å². The molecule has 4 heteroatoms. The van der Waals surface area contributed by atoms with Gasteiger partial charge in [0, 0.05) is 33.2 Å². The minimum atomic E-state index is 0.627. The molecule has 8 aromatic carbocycles. The highest BCUT2D eigenvalue weighted by molar-refractivity contribution is 6.23. The molecule has 2 aromatic heterocycles. The Morgan fingerprint density at radius 3 is 1.61 bits per heavy atom. The summed E-state index contributed by atoms with van der Waals surface area (Å²) in [4.78, 5) is 15.2. The largest absolute Gasteiger partial charge is 0.309 e. The minimum absolute atomic E-state index is 0.627. The van der Waals surface area contributed by atoms with Gasteiger partial charge in [-0.05, 0) is 69.1 Å². The van der Waals surface area contributed by atoms with Gasteiger partial charge < -0.3 is 4.57 Å². The van der Waals surface area contributed by atoms with E-state index in [1.165, 1.54) is 32.3 Å². The van der Waals surface area contributed by atoms with Crippen LogP contribution in [0, 0.1) is 0 Å². The molecule has 0 bridgehead atoms. The van der Waals surface area contributed by atoms with Crippen molar-refractivity contribution in [3.8, 4) is 51.0 Å². The monoisotopic (exact) mass is 650 g/mol. The molecule has 0 aliphatic heterocycles. The van der Waals surface area contributed by atoms with Gasteiger partial charge in [0.2, 0.25) is 0 Å². The molecule has 0 aliphatic carbocycles. The molecule has 0 atom stereocenters. The van der Waals surface area contributed by atoms with Gasteiger partial charge in [-0.3, -0.25) is 0 Å². The molecule has 238 valence electrons. The lowest BCUT2D eigenvalue weighted by Crippen LogP contribution is -2.01. The highest BCUT2D eigenvalue weighted by Crippen LogP contribution is 2.39. The third-order valence-electron chi connectivity index (χ3n) is 9.78. The van der Waals surface area contributed by atoms with Crippen molar-refractivity contribution in [3.63, 3.8) is 0 Å². The minimum Gasteiger partial charge on any atom is -0.309 e. The zero-order chi connectivity index (χ0) is 33.7. The summed E-state index contributed by atoms with van der Waals surface area (Å²) < 4.78 is 2.39. The molecule has 0 unspecified atom stereocenters. The van der Waals surface area contributed by atoms with Gasteiger partial charge in [0.25, 0.3) is 0 Å². The van der Waals surface area contributed by atoms with E-state index in [0.29, 0.717) is 17.5 Å². The van der Waals surface area contributed by atoms with E-state index in [9.17, 15) is 0 Å². The first-order chi connectivity index (χ1) is 25.3. The molecule has 0 radical (unpaired) electrons. The molecular weight excluding hydrogens is 621 g/mol.